The Labute approximate surface area is 119 Å². The van der Waals surface area contributed by atoms with Crippen LogP contribution in [0.2, 0.25) is 5.15 Å². The Morgan fingerprint density at radius 2 is 2.30 bits per heavy atom. The number of rotatable bonds is 4. The highest BCUT2D eigenvalue weighted by Crippen LogP contribution is 2.08. The van der Waals surface area contributed by atoms with Crippen molar-refractivity contribution in [3.05, 3.63) is 50.6 Å². The molecule has 0 fully saturated rings. The van der Waals surface area contributed by atoms with Crippen molar-refractivity contribution in [2.24, 2.45) is 5.10 Å². The van der Waals surface area contributed by atoms with E-state index in [-0.39, 0.29) is 11.5 Å². The summed E-state index contributed by atoms with van der Waals surface area (Å²) in [5.74, 6) is 0.743. The van der Waals surface area contributed by atoms with Crippen LogP contribution in [0.1, 0.15) is 31.2 Å². The Morgan fingerprint density at radius 3 is 2.85 bits per heavy atom. The minimum atomic E-state index is -0.767. The minimum Gasteiger partial charge on any atom is -0.282 e. The smallest absolute Gasteiger partial charge is 0.282 e. The van der Waals surface area contributed by atoms with E-state index in [0.29, 0.717) is 17.5 Å². The summed E-state index contributed by atoms with van der Waals surface area (Å²) in [5.41, 5.74) is 0.854. The summed E-state index contributed by atoms with van der Waals surface area (Å²) in [6.07, 6.45) is 1.60. The van der Waals surface area contributed by atoms with E-state index in [1.807, 2.05) is 13.8 Å². The number of H-pyrrole nitrogens is 1. The normalized spacial score (nSPS) is 12.1. The zero-order chi connectivity index (χ0) is 14.7. The molecule has 0 spiro atoms. The number of nitrogens with one attached hydrogen (secondary N) is 1. The predicted molar refractivity (Wildman–Crippen MR) is 71.6 cm³/mol. The standard InChI is InChI=1S/C11H13ClN6O2/c1-7(2)10-14-11(16-18(19)20)17(15-10)6-8-3-4-9(12)13-5-8/h3-5,7H,6H2,1-2H3,(H,14,15,16). The molecule has 8 nitrogen and oxygen atoms in total. The molecular weight excluding hydrogens is 284 g/mol. The fourth-order valence-corrected chi connectivity index (χ4v) is 1.69. The summed E-state index contributed by atoms with van der Waals surface area (Å²) in [6, 6.07) is 3.44. The summed E-state index contributed by atoms with van der Waals surface area (Å²) in [6.45, 7) is 4.21. The number of nitrogens with zero attached hydrogens (tertiary/aromatic N) is 5. The Hall–Kier alpha value is -2.22. The van der Waals surface area contributed by atoms with Crippen molar-refractivity contribution in [3.8, 4) is 0 Å². The molecule has 0 saturated carbocycles. The first-order valence-electron chi connectivity index (χ1n) is 5.92. The van der Waals surface area contributed by atoms with E-state index < -0.39 is 5.03 Å². The van der Waals surface area contributed by atoms with E-state index in [1.165, 1.54) is 4.68 Å². The number of nitro groups is 1. The maximum Gasteiger partial charge on any atom is 0.318 e. The van der Waals surface area contributed by atoms with Crippen molar-refractivity contribution in [2.75, 3.05) is 0 Å². The molecule has 0 aliphatic heterocycles. The highest BCUT2D eigenvalue weighted by atomic mass is 35.5. The lowest BCUT2D eigenvalue weighted by Gasteiger charge is -2.02. The van der Waals surface area contributed by atoms with Crippen LogP contribution in [0.15, 0.2) is 23.4 Å². The summed E-state index contributed by atoms with van der Waals surface area (Å²) in [7, 11) is 0. The molecule has 2 aromatic rings. The van der Waals surface area contributed by atoms with Gasteiger partial charge in [0, 0.05) is 12.1 Å². The van der Waals surface area contributed by atoms with Gasteiger partial charge in [0.05, 0.1) is 6.54 Å². The van der Waals surface area contributed by atoms with Gasteiger partial charge in [-0.3, -0.25) is 5.10 Å². The Morgan fingerprint density at radius 1 is 1.55 bits per heavy atom. The zero-order valence-electron chi connectivity index (χ0n) is 10.9. The molecule has 2 heterocycles. The van der Waals surface area contributed by atoms with E-state index in [1.54, 1.807) is 18.3 Å². The summed E-state index contributed by atoms with van der Waals surface area (Å²) in [4.78, 5) is 18.6. The molecule has 0 unspecified atom stereocenters. The van der Waals surface area contributed by atoms with Gasteiger partial charge in [-0.1, -0.05) is 31.5 Å². The fraction of sp³-hybridized carbons (Fsp3) is 0.364. The highest BCUT2D eigenvalue weighted by Gasteiger charge is 2.10. The molecule has 0 radical (unpaired) electrons. The summed E-state index contributed by atoms with van der Waals surface area (Å²) >= 11 is 5.71. The summed E-state index contributed by atoms with van der Waals surface area (Å²) in [5, 5.41) is 16.4. The van der Waals surface area contributed by atoms with Crippen LogP contribution in [0, 0.1) is 10.1 Å². The average Bonchev–Trinajstić information content (AvgIpc) is 2.75. The molecular formula is C11H13ClN6O2. The molecule has 0 aliphatic carbocycles. The second-order valence-corrected chi connectivity index (χ2v) is 4.86. The third kappa shape index (κ3) is 3.41. The maximum absolute atomic E-state index is 10.5. The summed E-state index contributed by atoms with van der Waals surface area (Å²) < 4.78 is 1.50. The van der Waals surface area contributed by atoms with Crippen LogP contribution in [0.3, 0.4) is 0 Å². The molecule has 0 amide bonds. The first-order chi connectivity index (χ1) is 9.45. The van der Waals surface area contributed by atoms with Crippen molar-refractivity contribution in [1.82, 2.24) is 19.7 Å². The second kappa shape index (κ2) is 5.83. The average molecular weight is 297 g/mol. The topological polar surface area (TPSA) is 102 Å². The van der Waals surface area contributed by atoms with Crippen LogP contribution in [0.5, 0.6) is 0 Å². The number of hydrogen-bond donors (Lipinski definition) is 1. The van der Waals surface area contributed by atoms with Gasteiger partial charge in [-0.25, -0.2) is 19.8 Å². The zero-order valence-corrected chi connectivity index (χ0v) is 11.7. The van der Waals surface area contributed by atoms with E-state index in [4.69, 9.17) is 11.6 Å². The molecule has 2 aromatic heterocycles. The van der Waals surface area contributed by atoms with Crippen molar-refractivity contribution in [1.29, 1.82) is 0 Å². The molecule has 1 N–H and O–H groups in total. The quantitative estimate of drug-likeness (QED) is 0.525. The minimum absolute atomic E-state index is 0.0219. The van der Waals surface area contributed by atoms with Crippen LogP contribution < -0.4 is 5.62 Å². The predicted octanol–water partition coefficient (Wildman–Crippen LogP) is 1.52. The molecule has 0 aromatic carbocycles. The molecule has 0 saturated heterocycles. The van der Waals surface area contributed by atoms with Crippen molar-refractivity contribution in [3.63, 3.8) is 0 Å². The van der Waals surface area contributed by atoms with Crippen LogP contribution in [-0.2, 0) is 6.54 Å². The van der Waals surface area contributed by atoms with Gasteiger partial charge in [-0.2, -0.15) is 4.98 Å². The highest BCUT2D eigenvalue weighted by molar-refractivity contribution is 6.29. The monoisotopic (exact) mass is 296 g/mol. The third-order valence-electron chi connectivity index (χ3n) is 2.56. The van der Waals surface area contributed by atoms with E-state index >= 15 is 0 Å². The van der Waals surface area contributed by atoms with Gasteiger partial charge in [0.1, 0.15) is 16.1 Å². The van der Waals surface area contributed by atoms with Crippen LogP contribution in [-0.4, -0.2) is 24.8 Å². The first-order valence-corrected chi connectivity index (χ1v) is 6.29. The fourth-order valence-electron chi connectivity index (χ4n) is 1.58. The van der Waals surface area contributed by atoms with Crippen molar-refractivity contribution >= 4 is 11.6 Å². The Kier molecular flexibility index (Phi) is 4.14. The van der Waals surface area contributed by atoms with E-state index in [2.05, 4.69) is 20.2 Å². The largest absolute Gasteiger partial charge is 0.318 e. The molecule has 0 atom stereocenters. The van der Waals surface area contributed by atoms with Gasteiger partial charge >= 0.3 is 5.62 Å². The van der Waals surface area contributed by atoms with Crippen LogP contribution >= 0.6 is 11.6 Å². The van der Waals surface area contributed by atoms with Gasteiger partial charge in [0.15, 0.2) is 5.03 Å². The molecule has 0 bridgehead atoms. The van der Waals surface area contributed by atoms with Gasteiger partial charge in [0.25, 0.3) is 0 Å². The molecule has 20 heavy (non-hydrogen) atoms. The maximum atomic E-state index is 10.5. The number of pyridine rings is 1. The lowest BCUT2D eigenvalue weighted by Crippen LogP contribution is -2.22. The van der Waals surface area contributed by atoms with Crippen LogP contribution in [0.4, 0.5) is 0 Å². The SMILES string of the molecule is CC(C)c1n/c(=N\[N+](=O)[O-])n(Cc2ccc(Cl)nc2)[nH]1. The Bertz CT molecular complexity index is 673. The Balaban J connectivity index is 2.39. The lowest BCUT2D eigenvalue weighted by atomic mass is 10.2. The number of aromatic amines is 1. The van der Waals surface area contributed by atoms with Gasteiger partial charge in [-0.05, 0) is 11.6 Å². The van der Waals surface area contributed by atoms with E-state index in [0.717, 1.165) is 5.56 Å². The van der Waals surface area contributed by atoms with Gasteiger partial charge in [-0.15, -0.1) is 0 Å². The third-order valence-corrected chi connectivity index (χ3v) is 2.78. The molecule has 106 valence electrons. The van der Waals surface area contributed by atoms with E-state index in [9.17, 15) is 10.1 Å². The number of halogens is 1. The second-order valence-electron chi connectivity index (χ2n) is 4.48. The van der Waals surface area contributed by atoms with Gasteiger partial charge in [0.2, 0.25) is 0 Å². The number of aromatic nitrogens is 4. The van der Waals surface area contributed by atoms with Crippen molar-refractivity contribution in [2.45, 2.75) is 26.3 Å². The lowest BCUT2D eigenvalue weighted by molar-refractivity contribution is -0.491. The van der Waals surface area contributed by atoms with Crippen molar-refractivity contribution < 1.29 is 5.03 Å². The number of hydrogen-bond acceptors (Lipinski definition) is 4. The molecule has 9 heteroatoms. The first kappa shape index (κ1) is 14.2. The van der Waals surface area contributed by atoms with Crippen LogP contribution in [0.25, 0.3) is 0 Å². The van der Waals surface area contributed by atoms with Gasteiger partial charge < -0.3 is 0 Å². The molecule has 2 rings (SSSR count). The molecule has 0 aliphatic rings.